The number of pyridine rings is 1. The van der Waals surface area contributed by atoms with Gasteiger partial charge >= 0.3 is 11.9 Å². The van der Waals surface area contributed by atoms with Crippen LogP contribution in [0.1, 0.15) is 99.0 Å². The summed E-state index contributed by atoms with van der Waals surface area (Å²) in [5.74, 6) is -0.752. The molecule has 1 unspecified atom stereocenters. The van der Waals surface area contributed by atoms with Crippen molar-refractivity contribution in [3.05, 3.63) is 29.6 Å². The maximum atomic E-state index is 12.4. The Morgan fingerprint density at radius 3 is 2.13 bits per heavy atom. The molecule has 0 aliphatic rings. The molecule has 0 N–H and O–H groups in total. The molecule has 1 aromatic heterocycles. The Bertz CT molecular complexity index is 597. The topological polar surface area (TPSA) is 74.7 Å². The van der Waals surface area contributed by atoms with Crippen LogP contribution in [-0.4, -0.2) is 43.9 Å². The molecule has 0 aliphatic carbocycles. The molecule has 170 valence electrons. The van der Waals surface area contributed by atoms with E-state index in [1.807, 2.05) is 0 Å². The first-order chi connectivity index (χ1) is 14.6. The van der Waals surface area contributed by atoms with Crippen LogP contribution in [0.3, 0.4) is 0 Å². The fourth-order valence-electron chi connectivity index (χ4n) is 3.14. The monoisotopic (exact) mass is 421 g/mol. The van der Waals surface area contributed by atoms with E-state index in [0.717, 1.165) is 44.9 Å². The highest BCUT2D eigenvalue weighted by molar-refractivity contribution is 5.91. The molecule has 1 rings (SSSR count). The Morgan fingerprint density at radius 2 is 1.47 bits per heavy atom. The van der Waals surface area contributed by atoms with E-state index in [9.17, 15) is 9.59 Å². The van der Waals surface area contributed by atoms with E-state index >= 15 is 0 Å². The van der Waals surface area contributed by atoms with E-state index in [0.29, 0.717) is 19.8 Å². The van der Waals surface area contributed by atoms with Crippen LogP contribution in [0.4, 0.5) is 0 Å². The molecule has 0 saturated carbocycles. The van der Waals surface area contributed by atoms with Gasteiger partial charge in [-0.3, -0.25) is 0 Å². The maximum absolute atomic E-state index is 12.4. The van der Waals surface area contributed by atoms with Gasteiger partial charge in [0.1, 0.15) is 11.4 Å². The SMILES string of the molecule is CCCCCCCCOC(=O)c1cccc(C(=O)OCC(CCCC)CCOC)n1. The van der Waals surface area contributed by atoms with Crippen LogP contribution in [0.15, 0.2) is 18.2 Å². The normalized spacial score (nSPS) is 11.8. The van der Waals surface area contributed by atoms with Crippen molar-refractivity contribution in [1.29, 1.82) is 0 Å². The minimum absolute atomic E-state index is 0.130. The largest absolute Gasteiger partial charge is 0.461 e. The van der Waals surface area contributed by atoms with Gasteiger partial charge in [-0.15, -0.1) is 0 Å². The molecule has 0 fully saturated rings. The van der Waals surface area contributed by atoms with Crippen molar-refractivity contribution >= 4 is 11.9 Å². The summed E-state index contributed by atoms with van der Waals surface area (Å²) in [4.78, 5) is 28.7. The first-order valence-corrected chi connectivity index (χ1v) is 11.4. The zero-order chi connectivity index (χ0) is 22.0. The highest BCUT2D eigenvalue weighted by Crippen LogP contribution is 2.15. The van der Waals surface area contributed by atoms with Crippen molar-refractivity contribution < 1.29 is 23.8 Å². The van der Waals surface area contributed by atoms with E-state index in [1.165, 1.54) is 19.3 Å². The molecule has 6 nitrogen and oxygen atoms in total. The van der Waals surface area contributed by atoms with Gasteiger partial charge < -0.3 is 14.2 Å². The number of hydrogen-bond donors (Lipinski definition) is 0. The first kappa shape index (κ1) is 26.1. The zero-order valence-electron chi connectivity index (χ0n) is 19.0. The van der Waals surface area contributed by atoms with E-state index in [-0.39, 0.29) is 17.3 Å². The first-order valence-electron chi connectivity index (χ1n) is 11.4. The van der Waals surface area contributed by atoms with Gasteiger partial charge in [0.25, 0.3) is 0 Å². The highest BCUT2D eigenvalue weighted by atomic mass is 16.5. The van der Waals surface area contributed by atoms with Crippen LogP contribution in [0.25, 0.3) is 0 Å². The number of esters is 2. The Morgan fingerprint density at radius 1 is 0.833 bits per heavy atom. The molecular weight excluding hydrogens is 382 g/mol. The third kappa shape index (κ3) is 11.3. The summed E-state index contributed by atoms with van der Waals surface area (Å²) in [6.07, 6.45) is 10.8. The molecule has 0 aromatic carbocycles. The van der Waals surface area contributed by atoms with E-state index in [1.54, 1.807) is 25.3 Å². The summed E-state index contributed by atoms with van der Waals surface area (Å²) in [6.45, 7) is 5.67. The third-order valence-corrected chi connectivity index (χ3v) is 5.04. The van der Waals surface area contributed by atoms with Crippen molar-refractivity contribution in [3.63, 3.8) is 0 Å². The maximum Gasteiger partial charge on any atom is 0.356 e. The predicted octanol–water partition coefficient (Wildman–Crippen LogP) is 5.60. The van der Waals surface area contributed by atoms with E-state index in [4.69, 9.17) is 14.2 Å². The van der Waals surface area contributed by atoms with Gasteiger partial charge in [-0.25, -0.2) is 14.6 Å². The average molecular weight is 422 g/mol. The van der Waals surface area contributed by atoms with E-state index in [2.05, 4.69) is 18.8 Å². The number of methoxy groups -OCH3 is 1. The molecule has 0 saturated heterocycles. The number of aromatic nitrogens is 1. The number of carbonyl (C=O) groups is 2. The van der Waals surface area contributed by atoms with Gasteiger partial charge in [-0.1, -0.05) is 64.9 Å². The fourth-order valence-corrected chi connectivity index (χ4v) is 3.14. The molecular formula is C24H39NO5. The van der Waals surface area contributed by atoms with Crippen molar-refractivity contribution in [2.24, 2.45) is 5.92 Å². The van der Waals surface area contributed by atoms with Gasteiger partial charge in [-0.2, -0.15) is 0 Å². The molecule has 0 spiro atoms. The van der Waals surface area contributed by atoms with Gasteiger partial charge in [0.2, 0.25) is 0 Å². The smallest absolute Gasteiger partial charge is 0.356 e. The van der Waals surface area contributed by atoms with Crippen molar-refractivity contribution in [2.75, 3.05) is 26.9 Å². The van der Waals surface area contributed by atoms with Gasteiger partial charge in [0.15, 0.2) is 0 Å². The average Bonchev–Trinajstić information content (AvgIpc) is 2.77. The summed E-state index contributed by atoms with van der Waals surface area (Å²) in [5.41, 5.74) is 0.266. The molecule has 1 aromatic rings. The molecule has 0 radical (unpaired) electrons. The van der Waals surface area contributed by atoms with Crippen LogP contribution >= 0.6 is 0 Å². The van der Waals surface area contributed by atoms with Crippen LogP contribution < -0.4 is 0 Å². The lowest BCUT2D eigenvalue weighted by atomic mass is 10.00. The summed E-state index contributed by atoms with van der Waals surface area (Å²) in [7, 11) is 1.67. The van der Waals surface area contributed by atoms with Crippen LogP contribution in [-0.2, 0) is 14.2 Å². The zero-order valence-corrected chi connectivity index (χ0v) is 19.0. The Labute approximate surface area is 181 Å². The van der Waals surface area contributed by atoms with Crippen LogP contribution in [0.5, 0.6) is 0 Å². The molecule has 0 bridgehead atoms. The van der Waals surface area contributed by atoms with Crippen molar-refractivity contribution in [2.45, 2.75) is 78.1 Å². The highest BCUT2D eigenvalue weighted by Gasteiger charge is 2.17. The molecule has 1 atom stereocenters. The number of carbonyl (C=O) groups excluding carboxylic acids is 2. The van der Waals surface area contributed by atoms with Crippen LogP contribution in [0, 0.1) is 5.92 Å². The number of nitrogens with zero attached hydrogens (tertiary/aromatic N) is 1. The Kier molecular flexibility index (Phi) is 14.6. The minimum atomic E-state index is -0.514. The second-order valence-corrected chi connectivity index (χ2v) is 7.70. The number of hydrogen-bond acceptors (Lipinski definition) is 6. The molecule has 6 heteroatoms. The molecule has 30 heavy (non-hydrogen) atoms. The number of rotatable bonds is 17. The van der Waals surface area contributed by atoms with Crippen molar-refractivity contribution in [3.8, 4) is 0 Å². The van der Waals surface area contributed by atoms with Crippen molar-refractivity contribution in [1.82, 2.24) is 4.98 Å². The lowest BCUT2D eigenvalue weighted by Crippen LogP contribution is -2.18. The minimum Gasteiger partial charge on any atom is -0.461 e. The van der Waals surface area contributed by atoms with Gasteiger partial charge in [-0.05, 0) is 37.3 Å². The number of ether oxygens (including phenoxy) is 3. The summed E-state index contributed by atoms with van der Waals surface area (Å²) in [5, 5.41) is 0. The summed E-state index contributed by atoms with van der Waals surface area (Å²) in [6, 6.07) is 4.75. The predicted molar refractivity (Wildman–Crippen MR) is 118 cm³/mol. The Hall–Kier alpha value is -1.95. The second-order valence-electron chi connectivity index (χ2n) is 7.70. The standard InChI is InChI=1S/C24H39NO5/c1-4-6-8-9-10-11-17-29-23(26)21-14-12-15-22(25-21)24(27)30-19-20(13-7-5-2)16-18-28-3/h12,14-15,20H,4-11,13,16-19H2,1-3H3. The lowest BCUT2D eigenvalue weighted by molar-refractivity contribution is 0.0392. The Balaban J connectivity index is 2.46. The molecule has 0 aliphatic heterocycles. The van der Waals surface area contributed by atoms with Gasteiger partial charge in [0.05, 0.1) is 13.2 Å². The van der Waals surface area contributed by atoms with Crippen LogP contribution in [0.2, 0.25) is 0 Å². The summed E-state index contributed by atoms with van der Waals surface area (Å²) < 4.78 is 15.9. The van der Waals surface area contributed by atoms with Gasteiger partial charge in [0, 0.05) is 13.7 Å². The third-order valence-electron chi connectivity index (χ3n) is 5.04. The fraction of sp³-hybridized carbons (Fsp3) is 0.708. The summed E-state index contributed by atoms with van der Waals surface area (Å²) >= 11 is 0. The molecule has 0 amide bonds. The second kappa shape index (κ2) is 16.8. The lowest BCUT2D eigenvalue weighted by Gasteiger charge is -2.16. The quantitative estimate of drug-likeness (QED) is 0.241. The number of unbranched alkanes of at least 4 members (excludes halogenated alkanes) is 6. The van der Waals surface area contributed by atoms with E-state index < -0.39 is 11.9 Å². The molecule has 1 heterocycles.